The summed E-state index contributed by atoms with van der Waals surface area (Å²) in [4.78, 5) is 14.3. The van der Waals surface area contributed by atoms with Gasteiger partial charge in [0.2, 0.25) is 0 Å². The Balaban J connectivity index is 2.07. The normalized spacial score (nSPS) is 27.5. The summed E-state index contributed by atoms with van der Waals surface area (Å²) in [7, 11) is -1.64. The minimum Gasteiger partial charge on any atom is -0.444 e. The molecule has 3 atom stereocenters. The Hall–Kier alpha value is -0.813. The van der Waals surface area contributed by atoms with Crippen molar-refractivity contribution in [1.82, 2.24) is 4.90 Å². The Morgan fingerprint density at radius 1 is 1.18 bits per heavy atom. The first-order chi connectivity index (χ1) is 10.2. The largest absolute Gasteiger partial charge is 0.444 e. The summed E-state index contributed by atoms with van der Waals surface area (Å²) in [6.45, 7) is 12.5. The molecule has 4 nitrogen and oxygen atoms in total. The van der Waals surface area contributed by atoms with Gasteiger partial charge in [-0.05, 0) is 45.3 Å². The number of carbonyl (C=O) groups excluding carboxylic acids is 1. The topological polar surface area (TPSA) is 38.8 Å². The molecule has 2 rings (SSSR count). The van der Waals surface area contributed by atoms with Crippen molar-refractivity contribution in [3.63, 3.8) is 0 Å². The minimum atomic E-state index is -1.64. The molecule has 2 bridgehead atoms. The third-order valence-corrected chi connectivity index (χ3v) is 9.67. The van der Waals surface area contributed by atoms with Crippen LogP contribution in [0.4, 0.5) is 4.79 Å². The van der Waals surface area contributed by atoms with Gasteiger partial charge in [-0.2, -0.15) is 0 Å². The van der Waals surface area contributed by atoms with Gasteiger partial charge in [0.05, 0.1) is 18.2 Å². The average molecular weight is 326 g/mol. The van der Waals surface area contributed by atoms with Crippen molar-refractivity contribution in [3.05, 3.63) is 12.2 Å². The lowest BCUT2D eigenvalue weighted by atomic mass is 10.1. The molecule has 22 heavy (non-hydrogen) atoms. The van der Waals surface area contributed by atoms with E-state index in [0.29, 0.717) is 0 Å². The molecule has 2 heterocycles. The number of rotatable bonds is 5. The number of fused-ring (bicyclic) bond motifs is 2. The second-order valence-electron chi connectivity index (χ2n) is 7.47. The van der Waals surface area contributed by atoms with Crippen LogP contribution in [0.15, 0.2) is 12.2 Å². The Morgan fingerprint density at radius 2 is 1.77 bits per heavy atom. The second kappa shape index (κ2) is 6.36. The number of carbonyl (C=O) groups is 1. The van der Waals surface area contributed by atoms with E-state index in [1.165, 1.54) is 0 Å². The molecular weight excluding hydrogens is 294 g/mol. The number of hydrogen-bond acceptors (Lipinski definition) is 3. The average Bonchev–Trinajstić information content (AvgIpc) is 3.00. The third-order valence-electron chi connectivity index (χ3n) is 5.00. The zero-order valence-corrected chi connectivity index (χ0v) is 15.9. The fraction of sp³-hybridized carbons (Fsp3) is 0.824. The number of ether oxygens (including phenoxy) is 1. The summed E-state index contributed by atoms with van der Waals surface area (Å²) in [6, 6.07) is 3.62. The Kier molecular flexibility index (Phi) is 5.07. The van der Waals surface area contributed by atoms with Crippen LogP contribution >= 0.6 is 0 Å². The smallest absolute Gasteiger partial charge is 0.411 e. The summed E-state index contributed by atoms with van der Waals surface area (Å²) < 4.78 is 12.2. The van der Waals surface area contributed by atoms with E-state index in [-0.39, 0.29) is 24.3 Å². The molecule has 1 saturated heterocycles. The Labute approximate surface area is 136 Å². The molecule has 1 amide bonds. The second-order valence-corrected chi connectivity index (χ2v) is 12.2. The van der Waals surface area contributed by atoms with Gasteiger partial charge in [-0.1, -0.05) is 32.9 Å². The molecule has 0 aliphatic carbocycles. The lowest BCUT2D eigenvalue weighted by Crippen LogP contribution is -2.46. The van der Waals surface area contributed by atoms with Crippen LogP contribution in [0.1, 0.15) is 48.0 Å². The van der Waals surface area contributed by atoms with E-state index in [0.717, 1.165) is 24.6 Å². The van der Waals surface area contributed by atoms with Crippen molar-refractivity contribution in [3.8, 4) is 0 Å². The van der Waals surface area contributed by atoms with Crippen LogP contribution in [0.5, 0.6) is 0 Å². The zero-order chi connectivity index (χ0) is 16.5. The lowest BCUT2D eigenvalue weighted by molar-refractivity contribution is 0.0198. The molecule has 2 aliphatic rings. The van der Waals surface area contributed by atoms with Crippen molar-refractivity contribution < 1.29 is 14.0 Å². The van der Waals surface area contributed by atoms with E-state index >= 15 is 0 Å². The molecule has 0 aromatic rings. The van der Waals surface area contributed by atoms with Crippen LogP contribution in [0, 0.1) is 0 Å². The van der Waals surface area contributed by atoms with Crippen molar-refractivity contribution in [2.45, 2.75) is 89.9 Å². The van der Waals surface area contributed by atoms with Gasteiger partial charge in [0.25, 0.3) is 0 Å². The molecule has 5 heteroatoms. The van der Waals surface area contributed by atoms with E-state index in [1.807, 2.05) is 25.7 Å². The molecule has 0 saturated carbocycles. The standard InChI is InChI=1S/C17H31NO3Si/c1-7-22(8-2,9-3)21-15-12-13-10-11-14(15)18(13)16(19)20-17(4,5)6/h10-11,13-15H,7-9,12H2,1-6H3/t13-,14+,15+/m1/s1. The SMILES string of the molecule is CC[Si](CC)(CC)O[C@H]1C[C@H]2C=C[C@@H]1N2C(=O)OC(C)(C)C. The number of hydrogen-bond donors (Lipinski definition) is 0. The van der Waals surface area contributed by atoms with Gasteiger partial charge < -0.3 is 9.16 Å². The van der Waals surface area contributed by atoms with Crippen LogP contribution in [-0.4, -0.2) is 43.1 Å². The van der Waals surface area contributed by atoms with Gasteiger partial charge in [0.15, 0.2) is 8.32 Å². The summed E-state index contributed by atoms with van der Waals surface area (Å²) in [5.41, 5.74) is -0.454. The molecular formula is C17H31NO3Si. The van der Waals surface area contributed by atoms with Crippen LogP contribution < -0.4 is 0 Å². The van der Waals surface area contributed by atoms with E-state index in [9.17, 15) is 4.79 Å². The molecule has 0 unspecified atom stereocenters. The third kappa shape index (κ3) is 3.40. The first kappa shape index (κ1) is 17.5. The van der Waals surface area contributed by atoms with Gasteiger partial charge in [-0.25, -0.2) is 4.79 Å². The number of nitrogens with zero attached hydrogens (tertiary/aromatic N) is 1. The fourth-order valence-electron chi connectivity index (χ4n) is 3.53. The minimum absolute atomic E-state index is 0.0522. The maximum absolute atomic E-state index is 12.5. The molecule has 0 aromatic carbocycles. The van der Waals surface area contributed by atoms with Crippen molar-refractivity contribution >= 4 is 14.4 Å². The molecule has 126 valence electrons. The van der Waals surface area contributed by atoms with Crippen LogP contribution in [0.3, 0.4) is 0 Å². The summed E-state index contributed by atoms with van der Waals surface area (Å²) in [5, 5.41) is 0. The first-order valence-corrected chi connectivity index (χ1v) is 11.2. The molecule has 1 fully saturated rings. The fourth-order valence-corrected chi connectivity index (χ4v) is 6.41. The molecule has 0 spiro atoms. The van der Waals surface area contributed by atoms with Crippen LogP contribution in [0.25, 0.3) is 0 Å². The quantitative estimate of drug-likeness (QED) is 0.558. The summed E-state index contributed by atoms with van der Waals surface area (Å²) in [5.74, 6) is 0. The van der Waals surface area contributed by atoms with E-state index in [1.54, 1.807) is 0 Å². The van der Waals surface area contributed by atoms with Crippen molar-refractivity contribution in [1.29, 1.82) is 0 Å². The van der Waals surface area contributed by atoms with Gasteiger partial charge >= 0.3 is 6.09 Å². The van der Waals surface area contributed by atoms with Crippen molar-refractivity contribution in [2.24, 2.45) is 0 Å². The Morgan fingerprint density at radius 3 is 2.27 bits per heavy atom. The molecule has 2 aliphatic heterocycles. The maximum Gasteiger partial charge on any atom is 0.411 e. The Bertz CT molecular complexity index is 431. The van der Waals surface area contributed by atoms with Gasteiger partial charge in [0, 0.05) is 0 Å². The highest BCUT2D eigenvalue weighted by Crippen LogP contribution is 2.38. The highest BCUT2D eigenvalue weighted by molar-refractivity contribution is 6.73. The predicted molar refractivity (Wildman–Crippen MR) is 91.5 cm³/mol. The zero-order valence-electron chi connectivity index (χ0n) is 14.9. The number of amides is 1. The van der Waals surface area contributed by atoms with Crippen LogP contribution in [-0.2, 0) is 9.16 Å². The summed E-state index contributed by atoms with van der Waals surface area (Å²) in [6.07, 6.45) is 5.10. The molecule has 0 N–H and O–H groups in total. The van der Waals surface area contributed by atoms with Gasteiger partial charge in [0.1, 0.15) is 5.60 Å². The monoisotopic (exact) mass is 325 g/mol. The maximum atomic E-state index is 12.5. The molecule has 0 radical (unpaired) electrons. The van der Waals surface area contributed by atoms with E-state index in [2.05, 4.69) is 32.9 Å². The van der Waals surface area contributed by atoms with Crippen LogP contribution in [0.2, 0.25) is 18.1 Å². The molecule has 0 aromatic heterocycles. The highest BCUT2D eigenvalue weighted by Gasteiger charge is 2.49. The van der Waals surface area contributed by atoms with E-state index in [4.69, 9.17) is 9.16 Å². The van der Waals surface area contributed by atoms with E-state index < -0.39 is 13.9 Å². The summed E-state index contributed by atoms with van der Waals surface area (Å²) >= 11 is 0. The van der Waals surface area contributed by atoms with Gasteiger partial charge in [-0.3, -0.25) is 4.90 Å². The highest BCUT2D eigenvalue weighted by atomic mass is 28.4. The predicted octanol–water partition coefficient (Wildman–Crippen LogP) is 4.32. The van der Waals surface area contributed by atoms with Gasteiger partial charge in [-0.15, -0.1) is 0 Å². The lowest BCUT2D eigenvalue weighted by Gasteiger charge is -2.34. The first-order valence-electron chi connectivity index (χ1n) is 8.62. The van der Waals surface area contributed by atoms with Crippen molar-refractivity contribution in [2.75, 3.05) is 0 Å².